The second kappa shape index (κ2) is 8.28. The molecular formula is C18H17N3O6. The zero-order chi connectivity index (χ0) is 19.2. The molecule has 9 heteroatoms. The number of nitrogens with one attached hydrogen (secondary N) is 1. The van der Waals surface area contributed by atoms with Crippen molar-refractivity contribution in [2.75, 3.05) is 26.3 Å². The maximum Gasteiger partial charge on any atom is 0.433 e. The summed E-state index contributed by atoms with van der Waals surface area (Å²) in [6.45, 7) is 1.57. The topological polar surface area (TPSA) is 115 Å². The van der Waals surface area contributed by atoms with Crippen LogP contribution in [0.15, 0.2) is 52.6 Å². The van der Waals surface area contributed by atoms with Gasteiger partial charge in [-0.05, 0) is 18.2 Å². The summed E-state index contributed by atoms with van der Waals surface area (Å²) in [4.78, 5) is 36.9. The zero-order valence-electron chi connectivity index (χ0n) is 14.3. The Hall–Kier alpha value is -3.46. The summed E-state index contributed by atoms with van der Waals surface area (Å²) in [7, 11) is 0. The average molecular weight is 371 g/mol. The first-order valence-electron chi connectivity index (χ1n) is 8.24. The van der Waals surface area contributed by atoms with Crippen LogP contribution in [0.5, 0.6) is 0 Å². The van der Waals surface area contributed by atoms with E-state index in [0.29, 0.717) is 31.9 Å². The molecule has 2 aromatic rings. The molecule has 0 saturated carbocycles. The van der Waals surface area contributed by atoms with Crippen LogP contribution in [-0.2, 0) is 9.53 Å². The van der Waals surface area contributed by atoms with Crippen molar-refractivity contribution in [2.24, 2.45) is 0 Å². The highest BCUT2D eigenvalue weighted by Crippen LogP contribution is 2.18. The van der Waals surface area contributed by atoms with Crippen molar-refractivity contribution in [1.29, 1.82) is 0 Å². The summed E-state index contributed by atoms with van der Waals surface area (Å²) in [5.74, 6) is -1.24. The number of morpholine rings is 1. The minimum Gasteiger partial charge on any atom is -0.401 e. The maximum absolute atomic E-state index is 12.8. The summed E-state index contributed by atoms with van der Waals surface area (Å²) in [6, 6.07) is 11.0. The first-order valence-corrected chi connectivity index (χ1v) is 8.24. The minimum absolute atomic E-state index is 0.0324. The Bertz CT molecular complexity index is 868. The molecule has 1 aliphatic heterocycles. The summed E-state index contributed by atoms with van der Waals surface area (Å²) in [5.41, 5.74) is 0.346. The van der Waals surface area contributed by atoms with E-state index in [1.807, 2.05) is 0 Å². The predicted octanol–water partition coefficient (Wildman–Crippen LogP) is 1.82. The fraction of sp³-hybridized carbons (Fsp3) is 0.222. The number of carbonyl (C=O) groups is 2. The third-order valence-corrected chi connectivity index (χ3v) is 3.89. The van der Waals surface area contributed by atoms with E-state index in [9.17, 15) is 19.7 Å². The summed E-state index contributed by atoms with van der Waals surface area (Å²) >= 11 is 0. The van der Waals surface area contributed by atoms with Crippen LogP contribution >= 0.6 is 0 Å². The zero-order valence-corrected chi connectivity index (χ0v) is 14.3. The molecule has 0 atom stereocenters. The Labute approximate surface area is 154 Å². The van der Waals surface area contributed by atoms with Gasteiger partial charge in [0.2, 0.25) is 0 Å². The molecule has 0 radical (unpaired) electrons. The van der Waals surface area contributed by atoms with Gasteiger partial charge < -0.3 is 19.4 Å². The fourth-order valence-electron chi connectivity index (χ4n) is 2.53. The Morgan fingerprint density at radius 2 is 1.81 bits per heavy atom. The molecule has 1 N–H and O–H groups in total. The van der Waals surface area contributed by atoms with Gasteiger partial charge in [-0.3, -0.25) is 19.7 Å². The number of benzene rings is 1. The van der Waals surface area contributed by atoms with Crippen molar-refractivity contribution in [3.8, 4) is 0 Å². The molecule has 1 fully saturated rings. The molecule has 3 rings (SSSR count). The average Bonchev–Trinajstić information content (AvgIpc) is 3.17. The Kier molecular flexibility index (Phi) is 5.62. The van der Waals surface area contributed by atoms with E-state index in [0.717, 1.165) is 0 Å². The number of hydrogen-bond donors (Lipinski definition) is 1. The molecule has 2 heterocycles. The van der Waals surface area contributed by atoms with Gasteiger partial charge in [-0.25, -0.2) is 0 Å². The van der Waals surface area contributed by atoms with E-state index in [1.54, 1.807) is 30.3 Å². The normalized spacial score (nSPS) is 14.7. The van der Waals surface area contributed by atoms with Crippen molar-refractivity contribution >= 4 is 23.8 Å². The molecule has 0 aliphatic carbocycles. The molecule has 9 nitrogen and oxygen atoms in total. The Morgan fingerprint density at radius 1 is 1.11 bits per heavy atom. The van der Waals surface area contributed by atoms with Crippen molar-refractivity contribution in [3.05, 3.63) is 69.6 Å². The maximum atomic E-state index is 12.8. The van der Waals surface area contributed by atoms with Gasteiger partial charge in [0.25, 0.3) is 11.8 Å². The Balaban J connectivity index is 1.87. The van der Waals surface area contributed by atoms with Gasteiger partial charge in [-0.1, -0.05) is 18.2 Å². The minimum atomic E-state index is -0.677. The van der Waals surface area contributed by atoms with Crippen LogP contribution in [0.25, 0.3) is 6.08 Å². The molecule has 27 heavy (non-hydrogen) atoms. The second-order valence-corrected chi connectivity index (χ2v) is 5.72. The van der Waals surface area contributed by atoms with Crippen LogP contribution in [0.3, 0.4) is 0 Å². The second-order valence-electron chi connectivity index (χ2n) is 5.72. The summed E-state index contributed by atoms with van der Waals surface area (Å²) < 4.78 is 10.3. The molecule has 1 aromatic carbocycles. The predicted molar refractivity (Wildman–Crippen MR) is 94.6 cm³/mol. The Morgan fingerprint density at radius 3 is 2.44 bits per heavy atom. The molecule has 1 saturated heterocycles. The lowest BCUT2D eigenvalue weighted by Crippen LogP contribution is -2.44. The molecule has 140 valence electrons. The number of nitrogens with zero attached hydrogens (tertiary/aromatic N) is 2. The molecule has 0 spiro atoms. The third-order valence-electron chi connectivity index (χ3n) is 3.89. The van der Waals surface area contributed by atoms with Gasteiger partial charge in [-0.15, -0.1) is 0 Å². The first kappa shape index (κ1) is 18.3. The van der Waals surface area contributed by atoms with Gasteiger partial charge in [0, 0.05) is 24.7 Å². The van der Waals surface area contributed by atoms with Crippen molar-refractivity contribution in [3.63, 3.8) is 0 Å². The van der Waals surface area contributed by atoms with E-state index in [1.165, 1.54) is 23.1 Å². The first-order chi connectivity index (χ1) is 13.0. The largest absolute Gasteiger partial charge is 0.433 e. The number of amides is 2. The highest BCUT2D eigenvalue weighted by atomic mass is 16.6. The highest BCUT2D eigenvalue weighted by molar-refractivity contribution is 6.05. The molecule has 1 aromatic heterocycles. The van der Waals surface area contributed by atoms with Crippen LogP contribution in [0.2, 0.25) is 0 Å². The smallest absolute Gasteiger partial charge is 0.401 e. The number of ether oxygens (including phenoxy) is 1. The fourth-order valence-corrected chi connectivity index (χ4v) is 2.53. The number of carbonyl (C=O) groups excluding carboxylic acids is 2. The SMILES string of the molecule is O=C(NC(=Cc1ccc([N+](=O)[O-])o1)C(=O)N1CCOCC1)c1ccccc1. The standard InChI is InChI=1S/C18H17N3O6/c22-17(13-4-2-1-3-5-13)19-15(18(23)20-8-10-26-11-9-20)12-14-6-7-16(27-14)21(24)25/h1-7,12H,8-11H2,(H,19,22). The van der Waals surface area contributed by atoms with Crippen molar-refractivity contribution < 1.29 is 23.7 Å². The lowest BCUT2D eigenvalue weighted by Gasteiger charge is -2.27. The van der Waals surface area contributed by atoms with Crippen LogP contribution in [-0.4, -0.2) is 47.9 Å². The number of furan rings is 1. The summed E-state index contributed by atoms with van der Waals surface area (Å²) in [6.07, 6.45) is 1.28. The quantitative estimate of drug-likeness (QED) is 0.487. The van der Waals surface area contributed by atoms with Crippen molar-refractivity contribution in [2.45, 2.75) is 0 Å². The number of nitro groups is 1. The van der Waals surface area contributed by atoms with Crippen LogP contribution < -0.4 is 5.32 Å². The third kappa shape index (κ3) is 4.59. The van der Waals surface area contributed by atoms with E-state index < -0.39 is 22.6 Å². The van der Waals surface area contributed by atoms with E-state index in [2.05, 4.69) is 5.32 Å². The molecule has 0 unspecified atom stereocenters. The van der Waals surface area contributed by atoms with Gasteiger partial charge in [-0.2, -0.15) is 0 Å². The molecule has 0 bridgehead atoms. The van der Waals surface area contributed by atoms with Crippen LogP contribution in [0.4, 0.5) is 5.88 Å². The van der Waals surface area contributed by atoms with Crippen LogP contribution in [0.1, 0.15) is 16.1 Å². The monoisotopic (exact) mass is 371 g/mol. The molecule has 2 amide bonds. The summed E-state index contributed by atoms with van der Waals surface area (Å²) in [5, 5.41) is 13.4. The van der Waals surface area contributed by atoms with E-state index >= 15 is 0 Å². The van der Waals surface area contributed by atoms with Gasteiger partial charge in [0.05, 0.1) is 19.3 Å². The van der Waals surface area contributed by atoms with Crippen LogP contribution in [0, 0.1) is 10.1 Å². The number of hydrogen-bond acceptors (Lipinski definition) is 6. The molecule has 1 aliphatic rings. The van der Waals surface area contributed by atoms with E-state index in [4.69, 9.17) is 9.15 Å². The highest BCUT2D eigenvalue weighted by Gasteiger charge is 2.23. The lowest BCUT2D eigenvalue weighted by atomic mass is 10.2. The number of rotatable bonds is 5. The van der Waals surface area contributed by atoms with Gasteiger partial charge in [0.15, 0.2) is 0 Å². The molecular weight excluding hydrogens is 354 g/mol. The van der Waals surface area contributed by atoms with Crippen molar-refractivity contribution in [1.82, 2.24) is 10.2 Å². The van der Waals surface area contributed by atoms with Gasteiger partial charge >= 0.3 is 5.88 Å². The van der Waals surface area contributed by atoms with E-state index in [-0.39, 0.29) is 11.5 Å². The lowest BCUT2D eigenvalue weighted by molar-refractivity contribution is -0.402. The van der Waals surface area contributed by atoms with Gasteiger partial charge in [0.1, 0.15) is 16.4 Å².